The fourth-order valence-corrected chi connectivity index (χ4v) is 2.69. The van der Waals surface area contributed by atoms with Gasteiger partial charge in [-0.1, -0.05) is 12.1 Å². The summed E-state index contributed by atoms with van der Waals surface area (Å²) in [5.74, 6) is 0.837. The molecule has 9 heteroatoms. The fourth-order valence-electron chi connectivity index (χ4n) is 2.69. The number of guanidine groups is 1. The van der Waals surface area contributed by atoms with Crippen molar-refractivity contribution in [1.29, 1.82) is 0 Å². The fraction of sp³-hybridized carbons (Fsp3) is 0.600. The standard InChI is InChI=1S/C20H32N4O4.HI/c1-20(27-13-14-28-20)10-12-22-19(23-15-18(25)24(2)3)21-11-9-16-5-7-17(26-4)8-6-16;/h5-8H,9-15H2,1-4H3,(H2,21,22,23);1H. The highest BCUT2D eigenvalue weighted by molar-refractivity contribution is 14.0. The lowest BCUT2D eigenvalue weighted by molar-refractivity contribution is -0.145. The molecule has 1 amide bonds. The van der Waals surface area contributed by atoms with Gasteiger partial charge in [0.2, 0.25) is 5.91 Å². The number of methoxy groups -OCH3 is 1. The molecule has 2 rings (SSSR count). The number of carbonyl (C=O) groups excluding carboxylic acids is 1. The predicted molar refractivity (Wildman–Crippen MR) is 124 cm³/mol. The third-order valence-electron chi connectivity index (χ3n) is 4.51. The van der Waals surface area contributed by atoms with Crippen molar-refractivity contribution in [2.24, 2.45) is 4.99 Å². The van der Waals surface area contributed by atoms with E-state index in [1.54, 1.807) is 21.2 Å². The average Bonchev–Trinajstić information content (AvgIpc) is 3.12. The molecule has 1 aliphatic heterocycles. The summed E-state index contributed by atoms with van der Waals surface area (Å²) in [6.45, 7) is 4.59. The zero-order valence-corrected chi connectivity index (χ0v) is 20.0. The number of amides is 1. The Bertz CT molecular complexity index is 646. The zero-order chi connectivity index (χ0) is 20.4. The lowest BCUT2D eigenvalue weighted by Gasteiger charge is -2.23. The van der Waals surface area contributed by atoms with E-state index in [-0.39, 0.29) is 36.4 Å². The third kappa shape index (κ3) is 9.18. The van der Waals surface area contributed by atoms with Crippen LogP contribution >= 0.6 is 24.0 Å². The SMILES string of the molecule is COc1ccc(CCNC(=NCC(=O)N(C)C)NCCC2(C)OCCO2)cc1.I. The number of ether oxygens (including phenoxy) is 3. The van der Waals surface area contributed by atoms with Crippen molar-refractivity contribution in [3.05, 3.63) is 29.8 Å². The second kappa shape index (κ2) is 12.9. The van der Waals surface area contributed by atoms with E-state index >= 15 is 0 Å². The Balaban J connectivity index is 0.00000420. The van der Waals surface area contributed by atoms with Gasteiger partial charge in [-0.25, -0.2) is 4.99 Å². The van der Waals surface area contributed by atoms with Crippen molar-refractivity contribution in [3.63, 3.8) is 0 Å². The molecule has 0 atom stereocenters. The first-order valence-electron chi connectivity index (χ1n) is 9.55. The van der Waals surface area contributed by atoms with Crippen LogP contribution in [0.15, 0.2) is 29.3 Å². The largest absolute Gasteiger partial charge is 0.497 e. The molecule has 0 radical (unpaired) electrons. The second-order valence-corrected chi connectivity index (χ2v) is 6.99. The molecule has 1 aromatic rings. The molecular formula is C20H33IN4O4. The molecule has 1 fully saturated rings. The Hall–Kier alpha value is -1.59. The summed E-state index contributed by atoms with van der Waals surface area (Å²) in [7, 11) is 5.09. The Morgan fingerprint density at radius 2 is 1.79 bits per heavy atom. The molecule has 1 heterocycles. The normalized spacial score (nSPS) is 15.4. The summed E-state index contributed by atoms with van der Waals surface area (Å²) in [6, 6.07) is 7.97. The predicted octanol–water partition coefficient (Wildman–Crippen LogP) is 1.63. The van der Waals surface area contributed by atoms with Gasteiger partial charge >= 0.3 is 0 Å². The van der Waals surface area contributed by atoms with Crippen LogP contribution in [0.2, 0.25) is 0 Å². The van der Waals surface area contributed by atoms with E-state index in [4.69, 9.17) is 14.2 Å². The molecule has 0 aromatic heterocycles. The van der Waals surface area contributed by atoms with Gasteiger partial charge in [0.15, 0.2) is 11.7 Å². The van der Waals surface area contributed by atoms with Crippen LogP contribution < -0.4 is 15.4 Å². The first-order valence-corrected chi connectivity index (χ1v) is 9.55. The molecular weight excluding hydrogens is 487 g/mol. The van der Waals surface area contributed by atoms with Crippen molar-refractivity contribution >= 4 is 35.8 Å². The van der Waals surface area contributed by atoms with E-state index in [0.717, 1.165) is 12.2 Å². The van der Waals surface area contributed by atoms with E-state index in [0.29, 0.717) is 38.7 Å². The average molecular weight is 520 g/mol. The molecule has 164 valence electrons. The van der Waals surface area contributed by atoms with Gasteiger partial charge in [0.25, 0.3) is 0 Å². The van der Waals surface area contributed by atoms with Crippen LogP contribution in [0.1, 0.15) is 18.9 Å². The summed E-state index contributed by atoms with van der Waals surface area (Å²) < 4.78 is 16.4. The number of hydrogen-bond donors (Lipinski definition) is 2. The van der Waals surface area contributed by atoms with Crippen LogP contribution in [0.25, 0.3) is 0 Å². The quantitative estimate of drug-likeness (QED) is 0.293. The van der Waals surface area contributed by atoms with Gasteiger partial charge in [0.05, 0.1) is 20.3 Å². The van der Waals surface area contributed by atoms with E-state index in [2.05, 4.69) is 15.6 Å². The molecule has 0 bridgehead atoms. The van der Waals surface area contributed by atoms with Crippen molar-refractivity contribution in [2.45, 2.75) is 25.6 Å². The number of hydrogen-bond acceptors (Lipinski definition) is 5. The zero-order valence-electron chi connectivity index (χ0n) is 17.7. The molecule has 29 heavy (non-hydrogen) atoms. The number of benzene rings is 1. The first kappa shape index (κ1) is 25.4. The van der Waals surface area contributed by atoms with Crippen LogP contribution in [0, 0.1) is 0 Å². The summed E-state index contributed by atoms with van der Waals surface area (Å²) >= 11 is 0. The summed E-state index contributed by atoms with van der Waals surface area (Å²) in [5.41, 5.74) is 1.19. The van der Waals surface area contributed by atoms with Gasteiger partial charge in [0, 0.05) is 33.6 Å². The van der Waals surface area contributed by atoms with Crippen molar-refractivity contribution in [3.8, 4) is 5.75 Å². The topological polar surface area (TPSA) is 84.4 Å². The van der Waals surface area contributed by atoms with E-state index in [1.807, 2.05) is 31.2 Å². The molecule has 1 aliphatic rings. The number of halogens is 1. The van der Waals surface area contributed by atoms with Gasteiger partial charge in [-0.3, -0.25) is 4.79 Å². The molecule has 0 aliphatic carbocycles. The highest BCUT2D eigenvalue weighted by Crippen LogP contribution is 2.21. The maximum atomic E-state index is 11.8. The number of nitrogens with one attached hydrogen (secondary N) is 2. The monoisotopic (exact) mass is 520 g/mol. The summed E-state index contributed by atoms with van der Waals surface area (Å²) in [6.07, 6.45) is 1.52. The van der Waals surface area contributed by atoms with Gasteiger partial charge < -0.3 is 29.7 Å². The van der Waals surface area contributed by atoms with Gasteiger partial charge in [0.1, 0.15) is 12.3 Å². The Morgan fingerprint density at radius 1 is 1.17 bits per heavy atom. The summed E-state index contributed by atoms with van der Waals surface area (Å²) in [5, 5.41) is 6.54. The minimum absolute atomic E-state index is 0. The van der Waals surface area contributed by atoms with Gasteiger partial charge in [-0.05, 0) is 31.0 Å². The van der Waals surface area contributed by atoms with Gasteiger partial charge in [-0.2, -0.15) is 0 Å². The number of nitrogens with zero attached hydrogens (tertiary/aromatic N) is 2. The van der Waals surface area contributed by atoms with Crippen molar-refractivity contribution in [2.75, 3.05) is 54.1 Å². The highest BCUT2D eigenvalue weighted by atomic mass is 127. The lowest BCUT2D eigenvalue weighted by Crippen LogP contribution is -2.42. The Labute approximate surface area is 190 Å². The lowest BCUT2D eigenvalue weighted by atomic mass is 10.1. The third-order valence-corrected chi connectivity index (χ3v) is 4.51. The van der Waals surface area contributed by atoms with E-state index < -0.39 is 5.79 Å². The minimum atomic E-state index is -0.555. The maximum absolute atomic E-state index is 11.8. The van der Waals surface area contributed by atoms with E-state index in [1.165, 1.54) is 10.5 Å². The number of likely N-dealkylation sites (N-methyl/N-ethyl adjacent to an activating group) is 1. The number of carbonyl (C=O) groups is 1. The number of rotatable bonds is 9. The molecule has 0 unspecified atom stereocenters. The molecule has 1 aromatic carbocycles. The smallest absolute Gasteiger partial charge is 0.243 e. The van der Waals surface area contributed by atoms with Crippen LogP contribution in [-0.4, -0.2) is 76.6 Å². The molecule has 8 nitrogen and oxygen atoms in total. The molecule has 0 saturated carbocycles. The summed E-state index contributed by atoms with van der Waals surface area (Å²) in [4.78, 5) is 17.8. The van der Waals surface area contributed by atoms with E-state index in [9.17, 15) is 4.79 Å². The van der Waals surface area contributed by atoms with Crippen LogP contribution in [-0.2, 0) is 20.7 Å². The molecule has 1 saturated heterocycles. The van der Waals surface area contributed by atoms with Crippen LogP contribution in [0.3, 0.4) is 0 Å². The Morgan fingerprint density at radius 3 is 2.38 bits per heavy atom. The number of aliphatic imine (C=N–C) groups is 1. The highest BCUT2D eigenvalue weighted by Gasteiger charge is 2.30. The molecule has 0 spiro atoms. The second-order valence-electron chi connectivity index (χ2n) is 6.99. The van der Waals surface area contributed by atoms with Crippen LogP contribution in [0.4, 0.5) is 0 Å². The Kier molecular flexibility index (Phi) is 11.3. The maximum Gasteiger partial charge on any atom is 0.243 e. The minimum Gasteiger partial charge on any atom is -0.497 e. The van der Waals surface area contributed by atoms with Crippen molar-refractivity contribution < 1.29 is 19.0 Å². The first-order chi connectivity index (χ1) is 13.4. The van der Waals surface area contributed by atoms with Crippen LogP contribution in [0.5, 0.6) is 5.75 Å². The molecule has 2 N–H and O–H groups in total. The van der Waals surface area contributed by atoms with Gasteiger partial charge in [-0.15, -0.1) is 24.0 Å². The van der Waals surface area contributed by atoms with Crippen molar-refractivity contribution in [1.82, 2.24) is 15.5 Å².